The van der Waals surface area contributed by atoms with Gasteiger partial charge in [-0.25, -0.2) is 4.79 Å². The summed E-state index contributed by atoms with van der Waals surface area (Å²) in [7, 11) is -1.40. The highest BCUT2D eigenvalue weighted by atomic mass is 28.3. The van der Waals surface area contributed by atoms with Crippen LogP contribution in [-0.2, 0) is 0 Å². The van der Waals surface area contributed by atoms with Crippen LogP contribution in [0.5, 0.6) is 5.75 Å². The predicted molar refractivity (Wildman–Crippen MR) is 143 cm³/mol. The summed E-state index contributed by atoms with van der Waals surface area (Å²) < 4.78 is 5.81. The third-order valence-electron chi connectivity index (χ3n) is 6.34. The average Bonchev–Trinajstić information content (AvgIpc) is 2.84. The van der Waals surface area contributed by atoms with Crippen LogP contribution in [0.3, 0.4) is 0 Å². The quantitative estimate of drug-likeness (QED) is 0.130. The summed E-state index contributed by atoms with van der Waals surface area (Å²) in [5.41, 5.74) is 4.60. The van der Waals surface area contributed by atoms with Gasteiger partial charge in [0.15, 0.2) is 0 Å². The van der Waals surface area contributed by atoms with Crippen LogP contribution in [0.4, 0.5) is 0 Å². The summed E-state index contributed by atoms with van der Waals surface area (Å²) in [4.78, 5) is 13.0. The molecule has 0 amide bonds. The van der Waals surface area contributed by atoms with Crippen molar-refractivity contribution in [1.82, 2.24) is 0 Å². The first kappa shape index (κ1) is 25.5. The van der Waals surface area contributed by atoms with Gasteiger partial charge in [0.05, 0.1) is 25.3 Å². The number of esters is 1. The number of benzene rings is 3. The van der Waals surface area contributed by atoms with Crippen molar-refractivity contribution in [3.05, 3.63) is 89.5 Å². The standard InChI is InChI=1S/C30H35NO2Si/c1-5-6-7-11-14-29(34(2,3)4)25-16-18-26(19-17-25)30(32)33-28-21-23(22-31)15-20-27(28)24-12-9-8-10-13-24/h8-10,12-13,15-21,29H,5-7,11,14H2,1-4H3. The smallest absolute Gasteiger partial charge is 0.343 e. The Bertz CT molecular complexity index is 1130. The second-order valence-corrected chi connectivity index (χ2v) is 15.4. The molecule has 3 aromatic carbocycles. The molecule has 4 heteroatoms. The van der Waals surface area contributed by atoms with Gasteiger partial charge in [0.1, 0.15) is 5.75 Å². The van der Waals surface area contributed by atoms with E-state index < -0.39 is 14.0 Å². The molecule has 0 aliphatic carbocycles. The van der Waals surface area contributed by atoms with E-state index in [0.29, 0.717) is 22.4 Å². The molecule has 0 saturated carbocycles. The number of ether oxygens (including phenoxy) is 1. The molecule has 1 atom stereocenters. The van der Waals surface area contributed by atoms with E-state index in [1.165, 1.54) is 37.7 Å². The Morgan fingerprint density at radius 3 is 2.26 bits per heavy atom. The van der Waals surface area contributed by atoms with E-state index in [4.69, 9.17) is 4.74 Å². The topological polar surface area (TPSA) is 50.1 Å². The number of carbonyl (C=O) groups excluding carboxylic acids is 1. The minimum atomic E-state index is -1.40. The van der Waals surface area contributed by atoms with Gasteiger partial charge in [0, 0.05) is 5.56 Å². The SMILES string of the molecule is CCCCCCC(c1ccc(C(=O)Oc2cc(C#N)ccc2-c2ccccc2)cc1)[Si](C)(C)C. The molecule has 0 aliphatic rings. The summed E-state index contributed by atoms with van der Waals surface area (Å²) in [5.74, 6) is -0.0125. The van der Waals surface area contributed by atoms with Crippen LogP contribution in [0.25, 0.3) is 11.1 Å². The van der Waals surface area contributed by atoms with Gasteiger partial charge in [-0.1, -0.05) is 94.7 Å². The van der Waals surface area contributed by atoms with Crippen molar-refractivity contribution in [3.8, 4) is 22.9 Å². The van der Waals surface area contributed by atoms with Crippen molar-refractivity contribution in [2.75, 3.05) is 0 Å². The number of carbonyl (C=O) groups is 1. The normalized spacial score (nSPS) is 12.1. The molecule has 0 heterocycles. The molecule has 176 valence electrons. The van der Waals surface area contributed by atoms with E-state index in [-0.39, 0.29) is 0 Å². The highest BCUT2D eigenvalue weighted by molar-refractivity contribution is 6.77. The second-order valence-electron chi connectivity index (χ2n) is 9.97. The minimum absolute atomic E-state index is 0.398. The van der Waals surface area contributed by atoms with Crippen molar-refractivity contribution in [2.24, 2.45) is 0 Å². The van der Waals surface area contributed by atoms with Gasteiger partial charge in [-0.3, -0.25) is 0 Å². The average molecular weight is 470 g/mol. The highest BCUT2D eigenvalue weighted by Crippen LogP contribution is 2.34. The van der Waals surface area contributed by atoms with Crippen molar-refractivity contribution in [1.29, 1.82) is 5.26 Å². The van der Waals surface area contributed by atoms with E-state index in [0.717, 1.165) is 11.1 Å². The van der Waals surface area contributed by atoms with Gasteiger partial charge in [-0.15, -0.1) is 0 Å². The minimum Gasteiger partial charge on any atom is -0.422 e. The molecule has 0 fully saturated rings. The fraction of sp³-hybridized carbons (Fsp3) is 0.333. The molecular weight excluding hydrogens is 434 g/mol. The summed E-state index contributed by atoms with van der Waals surface area (Å²) in [6, 6.07) is 25.0. The molecule has 0 aliphatic heterocycles. The third-order valence-corrected chi connectivity index (χ3v) is 9.05. The Morgan fingerprint density at radius 1 is 0.941 bits per heavy atom. The Balaban J connectivity index is 1.80. The number of unbranched alkanes of at least 4 members (excludes halogenated alkanes) is 3. The lowest BCUT2D eigenvalue weighted by atomic mass is 10.0. The fourth-order valence-corrected chi connectivity index (χ4v) is 6.68. The molecule has 0 spiro atoms. The van der Waals surface area contributed by atoms with Crippen LogP contribution in [0.2, 0.25) is 19.6 Å². The Labute approximate surface area is 205 Å². The number of nitrogens with zero attached hydrogens (tertiary/aromatic N) is 1. The van der Waals surface area contributed by atoms with Crippen molar-refractivity contribution < 1.29 is 9.53 Å². The molecular formula is C30H35NO2Si. The van der Waals surface area contributed by atoms with Crippen LogP contribution < -0.4 is 4.74 Å². The van der Waals surface area contributed by atoms with Crippen molar-refractivity contribution in [3.63, 3.8) is 0 Å². The Morgan fingerprint density at radius 2 is 1.65 bits per heavy atom. The first-order valence-electron chi connectivity index (χ1n) is 12.2. The lowest BCUT2D eigenvalue weighted by molar-refractivity contribution is 0.0735. The van der Waals surface area contributed by atoms with Crippen LogP contribution in [0, 0.1) is 11.3 Å². The molecule has 0 saturated heterocycles. The van der Waals surface area contributed by atoms with Crippen LogP contribution in [0.1, 0.15) is 66.1 Å². The molecule has 0 N–H and O–H groups in total. The Hall–Kier alpha value is -3.16. The van der Waals surface area contributed by atoms with Crippen LogP contribution >= 0.6 is 0 Å². The largest absolute Gasteiger partial charge is 0.422 e. The Kier molecular flexibility index (Phi) is 8.84. The first-order chi connectivity index (χ1) is 16.3. The number of hydrogen-bond acceptors (Lipinski definition) is 3. The van der Waals surface area contributed by atoms with E-state index in [2.05, 4.69) is 44.8 Å². The van der Waals surface area contributed by atoms with Gasteiger partial charge in [-0.05, 0) is 53.4 Å². The van der Waals surface area contributed by atoms with Gasteiger partial charge in [0.25, 0.3) is 0 Å². The maximum absolute atomic E-state index is 13.0. The molecule has 3 rings (SSSR count). The van der Waals surface area contributed by atoms with Crippen LogP contribution in [0.15, 0.2) is 72.8 Å². The van der Waals surface area contributed by atoms with Crippen LogP contribution in [-0.4, -0.2) is 14.0 Å². The zero-order valence-electron chi connectivity index (χ0n) is 20.8. The van der Waals surface area contributed by atoms with E-state index in [9.17, 15) is 10.1 Å². The summed E-state index contributed by atoms with van der Waals surface area (Å²) in [6.07, 6.45) is 6.29. The number of hydrogen-bond donors (Lipinski definition) is 0. The molecule has 1 unspecified atom stereocenters. The fourth-order valence-electron chi connectivity index (χ4n) is 4.42. The summed E-state index contributed by atoms with van der Waals surface area (Å²) >= 11 is 0. The van der Waals surface area contributed by atoms with Gasteiger partial charge in [-0.2, -0.15) is 5.26 Å². The first-order valence-corrected chi connectivity index (χ1v) is 15.8. The third kappa shape index (κ3) is 6.68. The lowest BCUT2D eigenvalue weighted by Crippen LogP contribution is -2.31. The van der Waals surface area contributed by atoms with Gasteiger partial charge < -0.3 is 4.74 Å². The monoisotopic (exact) mass is 469 g/mol. The zero-order chi connectivity index (χ0) is 24.6. The summed E-state index contributed by atoms with van der Waals surface area (Å²) in [6.45, 7) is 9.51. The molecule has 0 radical (unpaired) electrons. The maximum atomic E-state index is 13.0. The number of rotatable bonds is 10. The number of nitriles is 1. The molecule has 3 nitrogen and oxygen atoms in total. The van der Waals surface area contributed by atoms with Gasteiger partial charge in [0.2, 0.25) is 0 Å². The maximum Gasteiger partial charge on any atom is 0.343 e. The lowest BCUT2D eigenvalue weighted by Gasteiger charge is -2.29. The van der Waals surface area contributed by atoms with Crippen molar-refractivity contribution in [2.45, 2.75) is 64.2 Å². The zero-order valence-corrected chi connectivity index (χ0v) is 21.8. The molecule has 0 bridgehead atoms. The van der Waals surface area contributed by atoms with Gasteiger partial charge >= 0.3 is 5.97 Å². The molecule has 34 heavy (non-hydrogen) atoms. The van der Waals surface area contributed by atoms with Crippen molar-refractivity contribution >= 4 is 14.0 Å². The second kappa shape index (κ2) is 11.8. The predicted octanol–water partition coefficient (Wildman–Crippen LogP) is 8.38. The van der Waals surface area contributed by atoms with E-state index in [1.54, 1.807) is 12.1 Å². The molecule has 0 aromatic heterocycles. The summed E-state index contributed by atoms with van der Waals surface area (Å²) in [5, 5.41) is 9.33. The highest BCUT2D eigenvalue weighted by Gasteiger charge is 2.28. The molecule has 3 aromatic rings. The van der Waals surface area contributed by atoms with E-state index >= 15 is 0 Å². The van der Waals surface area contributed by atoms with E-state index in [1.807, 2.05) is 48.5 Å².